The average Bonchev–Trinajstić information content (AvgIpc) is 2.85. The van der Waals surface area contributed by atoms with Crippen LogP contribution in [0.3, 0.4) is 0 Å². The molecule has 94 valence electrons. The SMILES string of the molecule is Cc1ccc(N)c(C(=O)NCCc2ncon2)c1. The highest BCUT2D eigenvalue weighted by molar-refractivity contribution is 5.99. The van der Waals surface area contributed by atoms with E-state index in [0.717, 1.165) is 5.56 Å². The minimum atomic E-state index is -0.195. The van der Waals surface area contributed by atoms with Crippen LogP contribution in [0.25, 0.3) is 0 Å². The summed E-state index contributed by atoms with van der Waals surface area (Å²) in [6.45, 7) is 2.35. The van der Waals surface area contributed by atoms with Gasteiger partial charge in [0.15, 0.2) is 5.82 Å². The van der Waals surface area contributed by atoms with Crippen LogP contribution in [0.15, 0.2) is 29.1 Å². The summed E-state index contributed by atoms with van der Waals surface area (Å²) in [5.41, 5.74) is 7.71. The van der Waals surface area contributed by atoms with Gasteiger partial charge in [-0.1, -0.05) is 16.8 Å². The number of amides is 1. The fourth-order valence-corrected chi connectivity index (χ4v) is 1.55. The number of hydrogen-bond acceptors (Lipinski definition) is 5. The molecule has 6 nitrogen and oxygen atoms in total. The number of aryl methyl sites for hydroxylation is 1. The van der Waals surface area contributed by atoms with E-state index < -0.39 is 0 Å². The number of nitrogens with zero attached hydrogens (tertiary/aromatic N) is 2. The van der Waals surface area contributed by atoms with Crippen molar-refractivity contribution in [3.63, 3.8) is 0 Å². The van der Waals surface area contributed by atoms with Crippen molar-refractivity contribution in [1.29, 1.82) is 0 Å². The van der Waals surface area contributed by atoms with E-state index in [1.54, 1.807) is 12.1 Å². The van der Waals surface area contributed by atoms with Crippen molar-refractivity contribution >= 4 is 11.6 Å². The molecule has 0 radical (unpaired) electrons. The molecular weight excluding hydrogens is 232 g/mol. The van der Waals surface area contributed by atoms with Crippen molar-refractivity contribution in [2.24, 2.45) is 0 Å². The Morgan fingerprint density at radius 3 is 3.06 bits per heavy atom. The Kier molecular flexibility index (Phi) is 3.57. The van der Waals surface area contributed by atoms with Gasteiger partial charge in [-0.3, -0.25) is 4.79 Å². The summed E-state index contributed by atoms with van der Waals surface area (Å²) in [7, 11) is 0. The fraction of sp³-hybridized carbons (Fsp3) is 0.250. The molecule has 0 aliphatic carbocycles. The molecule has 1 heterocycles. The summed E-state index contributed by atoms with van der Waals surface area (Å²) in [6.07, 6.45) is 1.78. The molecule has 18 heavy (non-hydrogen) atoms. The molecule has 1 amide bonds. The topological polar surface area (TPSA) is 94.0 Å². The Hall–Kier alpha value is -2.37. The van der Waals surface area contributed by atoms with Gasteiger partial charge in [0.25, 0.3) is 5.91 Å². The summed E-state index contributed by atoms with van der Waals surface area (Å²) in [5, 5.41) is 6.42. The second-order valence-corrected chi connectivity index (χ2v) is 3.94. The smallest absolute Gasteiger partial charge is 0.253 e. The predicted octanol–water partition coefficient (Wildman–Crippen LogP) is 0.933. The van der Waals surface area contributed by atoms with Crippen molar-refractivity contribution in [3.8, 4) is 0 Å². The van der Waals surface area contributed by atoms with Crippen LogP contribution in [-0.2, 0) is 6.42 Å². The van der Waals surface area contributed by atoms with Gasteiger partial charge < -0.3 is 15.6 Å². The Morgan fingerprint density at radius 1 is 1.50 bits per heavy atom. The average molecular weight is 246 g/mol. The zero-order chi connectivity index (χ0) is 13.0. The normalized spacial score (nSPS) is 10.3. The van der Waals surface area contributed by atoms with E-state index in [-0.39, 0.29) is 5.91 Å². The van der Waals surface area contributed by atoms with Crippen LogP contribution in [0.2, 0.25) is 0 Å². The molecule has 0 unspecified atom stereocenters. The molecule has 2 rings (SSSR count). The van der Waals surface area contributed by atoms with Gasteiger partial charge in [0, 0.05) is 18.7 Å². The molecule has 0 saturated carbocycles. The summed E-state index contributed by atoms with van der Waals surface area (Å²) >= 11 is 0. The number of anilines is 1. The van der Waals surface area contributed by atoms with Crippen molar-refractivity contribution in [1.82, 2.24) is 15.5 Å². The number of carbonyl (C=O) groups excluding carboxylic acids is 1. The second kappa shape index (κ2) is 5.31. The third kappa shape index (κ3) is 2.85. The Balaban J connectivity index is 1.93. The highest BCUT2D eigenvalue weighted by Crippen LogP contribution is 2.13. The third-order valence-corrected chi connectivity index (χ3v) is 2.49. The van der Waals surface area contributed by atoms with E-state index in [4.69, 9.17) is 5.73 Å². The third-order valence-electron chi connectivity index (χ3n) is 2.49. The largest absolute Gasteiger partial charge is 0.398 e. The van der Waals surface area contributed by atoms with E-state index in [2.05, 4.69) is 20.0 Å². The molecule has 6 heteroatoms. The minimum absolute atomic E-state index is 0.195. The molecule has 0 atom stereocenters. The lowest BCUT2D eigenvalue weighted by molar-refractivity contribution is 0.0954. The van der Waals surface area contributed by atoms with Crippen molar-refractivity contribution in [2.75, 3.05) is 12.3 Å². The predicted molar refractivity (Wildman–Crippen MR) is 65.9 cm³/mol. The first-order valence-electron chi connectivity index (χ1n) is 5.56. The lowest BCUT2D eigenvalue weighted by Gasteiger charge is -2.07. The van der Waals surface area contributed by atoms with Gasteiger partial charge in [-0.2, -0.15) is 4.98 Å². The van der Waals surface area contributed by atoms with Crippen LogP contribution in [0.1, 0.15) is 21.7 Å². The lowest BCUT2D eigenvalue weighted by Crippen LogP contribution is -2.26. The molecule has 1 aromatic carbocycles. The molecule has 0 saturated heterocycles. The number of hydrogen-bond donors (Lipinski definition) is 2. The second-order valence-electron chi connectivity index (χ2n) is 3.94. The van der Waals surface area contributed by atoms with E-state index in [9.17, 15) is 4.79 Å². The zero-order valence-corrected chi connectivity index (χ0v) is 10.0. The first-order valence-corrected chi connectivity index (χ1v) is 5.56. The fourth-order valence-electron chi connectivity index (χ4n) is 1.55. The number of nitrogens with two attached hydrogens (primary N) is 1. The number of carbonyl (C=O) groups is 1. The van der Waals surface area contributed by atoms with Gasteiger partial charge in [0.05, 0.1) is 5.56 Å². The lowest BCUT2D eigenvalue weighted by atomic mass is 10.1. The van der Waals surface area contributed by atoms with Crippen LogP contribution >= 0.6 is 0 Å². The number of benzene rings is 1. The van der Waals surface area contributed by atoms with Crippen LogP contribution in [0.4, 0.5) is 5.69 Å². The number of nitrogens with one attached hydrogen (secondary N) is 1. The van der Waals surface area contributed by atoms with Gasteiger partial charge in [-0.05, 0) is 19.1 Å². The molecule has 0 aliphatic heterocycles. The Labute approximate surface area is 104 Å². The quantitative estimate of drug-likeness (QED) is 0.783. The number of rotatable bonds is 4. The van der Waals surface area contributed by atoms with E-state index in [0.29, 0.717) is 30.0 Å². The first kappa shape index (κ1) is 12.1. The molecule has 0 aliphatic rings. The molecule has 2 aromatic rings. The first-order chi connectivity index (χ1) is 8.66. The van der Waals surface area contributed by atoms with Gasteiger partial charge >= 0.3 is 0 Å². The molecule has 0 spiro atoms. The maximum Gasteiger partial charge on any atom is 0.253 e. The number of aromatic nitrogens is 2. The van der Waals surface area contributed by atoms with Crippen LogP contribution < -0.4 is 11.1 Å². The highest BCUT2D eigenvalue weighted by atomic mass is 16.5. The maximum absolute atomic E-state index is 11.9. The summed E-state index contributed by atoms with van der Waals surface area (Å²) in [6, 6.07) is 5.36. The number of nitrogen functional groups attached to an aromatic ring is 1. The standard InChI is InChI=1S/C12H14N4O2/c1-8-2-3-10(13)9(6-8)12(17)14-5-4-11-15-7-18-16-11/h2-3,6-7H,4-5,13H2,1H3,(H,14,17). The van der Waals surface area contributed by atoms with Crippen LogP contribution in [0.5, 0.6) is 0 Å². The van der Waals surface area contributed by atoms with Gasteiger partial charge in [-0.25, -0.2) is 0 Å². The van der Waals surface area contributed by atoms with Crippen molar-refractivity contribution in [2.45, 2.75) is 13.3 Å². The molecule has 3 N–H and O–H groups in total. The van der Waals surface area contributed by atoms with Gasteiger partial charge in [0.2, 0.25) is 6.39 Å². The summed E-state index contributed by atoms with van der Waals surface area (Å²) in [4.78, 5) is 15.8. The monoisotopic (exact) mass is 246 g/mol. The highest BCUT2D eigenvalue weighted by Gasteiger charge is 2.09. The van der Waals surface area contributed by atoms with Gasteiger partial charge in [-0.15, -0.1) is 0 Å². The van der Waals surface area contributed by atoms with E-state index in [1.165, 1.54) is 6.39 Å². The Morgan fingerprint density at radius 2 is 2.33 bits per heavy atom. The van der Waals surface area contributed by atoms with E-state index >= 15 is 0 Å². The summed E-state index contributed by atoms with van der Waals surface area (Å²) in [5.74, 6) is 0.368. The zero-order valence-electron chi connectivity index (χ0n) is 10.0. The van der Waals surface area contributed by atoms with Crippen LogP contribution in [-0.4, -0.2) is 22.6 Å². The maximum atomic E-state index is 11.9. The summed E-state index contributed by atoms with van der Waals surface area (Å²) < 4.78 is 4.60. The van der Waals surface area contributed by atoms with Crippen molar-refractivity contribution < 1.29 is 9.32 Å². The molecule has 0 bridgehead atoms. The van der Waals surface area contributed by atoms with E-state index in [1.807, 2.05) is 13.0 Å². The Bertz CT molecular complexity index is 537. The van der Waals surface area contributed by atoms with Crippen LogP contribution in [0, 0.1) is 6.92 Å². The molecule has 0 fully saturated rings. The molecular formula is C12H14N4O2. The van der Waals surface area contributed by atoms with Crippen molar-refractivity contribution in [3.05, 3.63) is 41.5 Å². The molecule has 1 aromatic heterocycles. The minimum Gasteiger partial charge on any atom is -0.398 e. The van der Waals surface area contributed by atoms with Gasteiger partial charge in [0.1, 0.15) is 0 Å².